The number of nitrogens with two attached hydrogens (primary N) is 1. The molecule has 0 amide bonds. The summed E-state index contributed by atoms with van der Waals surface area (Å²) in [5, 5.41) is 4.84. The highest BCUT2D eigenvalue weighted by molar-refractivity contribution is 7.89. The van der Waals surface area contributed by atoms with Gasteiger partial charge in [-0.2, -0.15) is 0 Å². The monoisotopic (exact) mass is 389 g/mol. The van der Waals surface area contributed by atoms with Gasteiger partial charge in [0.1, 0.15) is 0 Å². The van der Waals surface area contributed by atoms with Crippen LogP contribution >= 0.6 is 11.6 Å². The lowest BCUT2D eigenvalue weighted by Gasteiger charge is -2.07. The maximum atomic E-state index is 13.1. The molecule has 0 radical (unpaired) electrons. The fourth-order valence-corrected chi connectivity index (χ4v) is 2.53. The smallest absolute Gasteiger partial charge is 0.340 e. The van der Waals surface area contributed by atoms with E-state index in [1.807, 2.05) is 0 Å². The molecular formula is C15H10ClF2NO5S. The van der Waals surface area contributed by atoms with Crippen molar-refractivity contribution in [3.05, 3.63) is 64.2 Å². The number of hydrogen-bond acceptors (Lipinski definition) is 5. The summed E-state index contributed by atoms with van der Waals surface area (Å²) >= 11 is 5.80. The Hall–Kier alpha value is -2.36. The molecule has 10 heteroatoms. The van der Waals surface area contributed by atoms with E-state index in [1.54, 1.807) is 0 Å². The molecule has 0 aliphatic carbocycles. The summed E-state index contributed by atoms with van der Waals surface area (Å²) in [7, 11) is -4.07. The first kappa shape index (κ1) is 19.0. The minimum Gasteiger partial charge on any atom is -0.454 e. The third kappa shape index (κ3) is 4.59. The molecule has 2 aromatic carbocycles. The molecule has 132 valence electrons. The number of primary sulfonamides is 1. The summed E-state index contributed by atoms with van der Waals surface area (Å²) in [4.78, 5) is 23.4. The molecule has 0 aliphatic rings. The standard InChI is InChI=1S/C15H10ClF2NO5S/c16-11-3-2-9(25(19,22)23)6-10(11)15(21)24-7-14(20)8-1-4-12(17)13(18)5-8/h1-6H,7H2,(H2,19,22,23). The van der Waals surface area contributed by atoms with Gasteiger partial charge in [0, 0.05) is 5.56 Å². The van der Waals surface area contributed by atoms with Crippen LogP contribution < -0.4 is 5.14 Å². The lowest BCUT2D eigenvalue weighted by Crippen LogP contribution is -2.16. The van der Waals surface area contributed by atoms with Crippen molar-refractivity contribution >= 4 is 33.4 Å². The number of Topliss-reactive ketones (excluding diaryl/α,β-unsaturated/α-hetero) is 1. The highest BCUT2D eigenvalue weighted by Gasteiger charge is 2.19. The van der Waals surface area contributed by atoms with Crippen molar-refractivity contribution in [2.24, 2.45) is 5.14 Å². The van der Waals surface area contributed by atoms with E-state index in [0.717, 1.165) is 30.3 Å². The van der Waals surface area contributed by atoms with Crippen molar-refractivity contribution in [3.63, 3.8) is 0 Å². The molecule has 0 saturated heterocycles. The summed E-state index contributed by atoms with van der Waals surface area (Å²) < 4.78 is 53.2. The summed E-state index contributed by atoms with van der Waals surface area (Å²) in [6.07, 6.45) is 0. The zero-order chi connectivity index (χ0) is 18.8. The van der Waals surface area contributed by atoms with Crippen LogP contribution in [0, 0.1) is 11.6 Å². The van der Waals surface area contributed by atoms with Crippen LogP contribution in [0.1, 0.15) is 20.7 Å². The Labute approximate surface area is 146 Å². The van der Waals surface area contributed by atoms with E-state index in [4.69, 9.17) is 21.5 Å². The van der Waals surface area contributed by atoms with E-state index in [0.29, 0.717) is 6.07 Å². The molecule has 0 aromatic heterocycles. The minimum atomic E-state index is -4.07. The molecule has 0 aliphatic heterocycles. The summed E-state index contributed by atoms with van der Waals surface area (Å²) in [5.74, 6) is -4.21. The van der Waals surface area contributed by atoms with Crippen molar-refractivity contribution in [3.8, 4) is 0 Å². The molecule has 0 saturated carbocycles. The van der Waals surface area contributed by atoms with E-state index in [-0.39, 0.29) is 21.0 Å². The van der Waals surface area contributed by atoms with E-state index in [2.05, 4.69) is 0 Å². The molecule has 2 rings (SSSR count). The molecule has 6 nitrogen and oxygen atoms in total. The number of esters is 1. The van der Waals surface area contributed by atoms with Crippen LogP contribution in [-0.4, -0.2) is 26.8 Å². The number of ketones is 1. The van der Waals surface area contributed by atoms with E-state index < -0.39 is 40.0 Å². The largest absolute Gasteiger partial charge is 0.454 e. The molecule has 0 atom stereocenters. The molecule has 2 N–H and O–H groups in total. The Kier molecular flexibility index (Phi) is 5.51. The first-order chi connectivity index (χ1) is 11.6. The van der Waals surface area contributed by atoms with Crippen LogP contribution in [0.15, 0.2) is 41.3 Å². The number of rotatable bonds is 5. The first-order valence-electron chi connectivity index (χ1n) is 6.57. The Morgan fingerprint density at radius 2 is 1.76 bits per heavy atom. The van der Waals surface area contributed by atoms with Gasteiger partial charge < -0.3 is 4.74 Å². The SMILES string of the molecule is NS(=O)(=O)c1ccc(Cl)c(C(=O)OCC(=O)c2ccc(F)c(F)c2)c1. The zero-order valence-electron chi connectivity index (χ0n) is 12.3. The number of carbonyl (C=O) groups is 2. The molecule has 0 unspecified atom stereocenters. The van der Waals surface area contributed by atoms with Crippen molar-refractivity contribution in [1.82, 2.24) is 0 Å². The van der Waals surface area contributed by atoms with Gasteiger partial charge in [-0.05, 0) is 36.4 Å². The Morgan fingerprint density at radius 1 is 1.08 bits per heavy atom. The van der Waals surface area contributed by atoms with Crippen LogP contribution in [0.2, 0.25) is 5.02 Å². The van der Waals surface area contributed by atoms with Crippen LogP contribution in [0.3, 0.4) is 0 Å². The van der Waals surface area contributed by atoms with Gasteiger partial charge in [0.25, 0.3) is 0 Å². The second-order valence-electron chi connectivity index (χ2n) is 4.81. The molecule has 25 heavy (non-hydrogen) atoms. The van der Waals surface area contributed by atoms with Gasteiger partial charge in [0.05, 0.1) is 15.5 Å². The number of halogens is 3. The third-order valence-corrected chi connectivity index (χ3v) is 4.30. The second kappa shape index (κ2) is 7.26. The van der Waals surface area contributed by atoms with Gasteiger partial charge in [-0.25, -0.2) is 27.1 Å². The lowest BCUT2D eigenvalue weighted by molar-refractivity contribution is 0.0474. The minimum absolute atomic E-state index is 0.113. The van der Waals surface area contributed by atoms with Crippen molar-refractivity contribution in [2.75, 3.05) is 6.61 Å². The number of hydrogen-bond donors (Lipinski definition) is 1. The highest BCUT2D eigenvalue weighted by atomic mass is 35.5. The second-order valence-corrected chi connectivity index (χ2v) is 6.78. The maximum Gasteiger partial charge on any atom is 0.340 e. The molecule has 0 heterocycles. The molecule has 0 fully saturated rings. The predicted octanol–water partition coefficient (Wildman–Crippen LogP) is 2.31. The number of ether oxygens (including phenoxy) is 1. The van der Waals surface area contributed by atoms with Crippen LogP contribution in [0.5, 0.6) is 0 Å². The van der Waals surface area contributed by atoms with Crippen LogP contribution in [-0.2, 0) is 14.8 Å². The molecular weight excluding hydrogens is 380 g/mol. The average molecular weight is 390 g/mol. The maximum absolute atomic E-state index is 13.1. The Morgan fingerprint density at radius 3 is 2.36 bits per heavy atom. The lowest BCUT2D eigenvalue weighted by atomic mass is 10.1. The fourth-order valence-electron chi connectivity index (χ4n) is 1.80. The van der Waals surface area contributed by atoms with Gasteiger partial charge in [0.15, 0.2) is 24.0 Å². The predicted molar refractivity (Wildman–Crippen MR) is 83.8 cm³/mol. The topological polar surface area (TPSA) is 104 Å². The fraction of sp³-hybridized carbons (Fsp3) is 0.0667. The summed E-state index contributed by atoms with van der Waals surface area (Å²) in [5.41, 5.74) is -0.512. The van der Waals surface area contributed by atoms with Gasteiger partial charge in [-0.1, -0.05) is 11.6 Å². The van der Waals surface area contributed by atoms with E-state index in [9.17, 15) is 26.8 Å². The van der Waals surface area contributed by atoms with Crippen molar-refractivity contribution in [1.29, 1.82) is 0 Å². The quantitative estimate of drug-likeness (QED) is 0.624. The summed E-state index contributed by atoms with van der Waals surface area (Å²) in [6.45, 7) is -0.778. The van der Waals surface area contributed by atoms with Crippen molar-refractivity contribution < 1.29 is 31.5 Å². The van der Waals surface area contributed by atoms with E-state index >= 15 is 0 Å². The Bertz CT molecular complexity index is 962. The number of sulfonamides is 1. The highest BCUT2D eigenvalue weighted by Crippen LogP contribution is 2.21. The van der Waals surface area contributed by atoms with Crippen LogP contribution in [0.4, 0.5) is 8.78 Å². The van der Waals surface area contributed by atoms with Gasteiger partial charge in [-0.15, -0.1) is 0 Å². The van der Waals surface area contributed by atoms with Gasteiger partial charge in [0.2, 0.25) is 10.0 Å². The Balaban J connectivity index is 2.14. The molecule has 0 bridgehead atoms. The zero-order valence-corrected chi connectivity index (χ0v) is 13.9. The van der Waals surface area contributed by atoms with E-state index in [1.165, 1.54) is 0 Å². The molecule has 2 aromatic rings. The average Bonchev–Trinajstić information content (AvgIpc) is 2.54. The number of benzene rings is 2. The van der Waals surface area contributed by atoms with Gasteiger partial charge >= 0.3 is 5.97 Å². The molecule has 0 spiro atoms. The van der Waals surface area contributed by atoms with Gasteiger partial charge in [-0.3, -0.25) is 4.79 Å². The summed E-state index contributed by atoms with van der Waals surface area (Å²) in [6, 6.07) is 5.60. The normalized spacial score (nSPS) is 11.2. The number of carbonyl (C=O) groups excluding carboxylic acids is 2. The third-order valence-electron chi connectivity index (χ3n) is 3.06. The van der Waals surface area contributed by atoms with Crippen molar-refractivity contribution in [2.45, 2.75) is 4.90 Å². The first-order valence-corrected chi connectivity index (χ1v) is 8.50. The van der Waals surface area contributed by atoms with Crippen LogP contribution in [0.25, 0.3) is 0 Å².